The van der Waals surface area contributed by atoms with Gasteiger partial charge in [-0.1, -0.05) is 34.1 Å². The van der Waals surface area contributed by atoms with Crippen LogP contribution in [0.15, 0.2) is 59.1 Å². The number of pyridine rings is 1. The van der Waals surface area contributed by atoms with Gasteiger partial charge >= 0.3 is 5.97 Å². The molecule has 21 heavy (non-hydrogen) atoms. The third-order valence-corrected chi connectivity index (χ3v) is 3.78. The second kappa shape index (κ2) is 5.66. The summed E-state index contributed by atoms with van der Waals surface area (Å²) >= 11 is 3.42. The van der Waals surface area contributed by atoms with Crippen molar-refractivity contribution in [3.63, 3.8) is 0 Å². The summed E-state index contributed by atoms with van der Waals surface area (Å²) in [6.07, 6.45) is 0. The number of benzene rings is 2. The van der Waals surface area contributed by atoms with Crippen molar-refractivity contribution in [1.82, 2.24) is 4.98 Å². The third kappa shape index (κ3) is 2.81. The van der Waals surface area contributed by atoms with E-state index >= 15 is 0 Å². The van der Waals surface area contributed by atoms with Gasteiger partial charge in [-0.3, -0.25) is 0 Å². The fourth-order valence-corrected chi connectivity index (χ4v) is 2.42. The number of nitrogens with zero attached hydrogens (tertiary/aromatic N) is 1. The molecule has 0 bridgehead atoms. The molecule has 0 saturated carbocycles. The molecule has 0 saturated heterocycles. The summed E-state index contributed by atoms with van der Waals surface area (Å²) in [7, 11) is 1.38. The normalized spacial score (nSPS) is 10.6. The Hall–Kier alpha value is -2.20. The van der Waals surface area contributed by atoms with Crippen molar-refractivity contribution in [2.45, 2.75) is 0 Å². The summed E-state index contributed by atoms with van der Waals surface area (Å²) < 4.78 is 5.76. The molecular weight excluding hydrogens is 330 g/mol. The molecule has 0 radical (unpaired) electrons. The van der Waals surface area contributed by atoms with Crippen LogP contribution in [-0.2, 0) is 4.74 Å². The molecule has 4 heteroatoms. The number of esters is 1. The second-order valence-electron chi connectivity index (χ2n) is 4.60. The van der Waals surface area contributed by atoms with E-state index < -0.39 is 0 Å². The highest BCUT2D eigenvalue weighted by molar-refractivity contribution is 9.10. The van der Waals surface area contributed by atoms with E-state index in [2.05, 4.69) is 20.9 Å². The molecular formula is C17H12BrNO2. The van der Waals surface area contributed by atoms with Gasteiger partial charge in [0.05, 0.1) is 23.9 Å². The van der Waals surface area contributed by atoms with Crippen LogP contribution in [0.25, 0.3) is 22.2 Å². The quantitative estimate of drug-likeness (QED) is 0.646. The number of ether oxygens (including phenoxy) is 1. The minimum atomic E-state index is -0.339. The van der Waals surface area contributed by atoms with Crippen molar-refractivity contribution in [2.24, 2.45) is 0 Å². The third-order valence-electron chi connectivity index (χ3n) is 3.25. The van der Waals surface area contributed by atoms with Crippen molar-refractivity contribution >= 4 is 32.8 Å². The van der Waals surface area contributed by atoms with Gasteiger partial charge in [0.15, 0.2) is 0 Å². The topological polar surface area (TPSA) is 39.2 Å². The van der Waals surface area contributed by atoms with Gasteiger partial charge < -0.3 is 4.74 Å². The Morgan fingerprint density at radius 2 is 1.81 bits per heavy atom. The molecule has 3 rings (SSSR count). The maximum absolute atomic E-state index is 11.5. The van der Waals surface area contributed by atoms with Crippen molar-refractivity contribution in [3.05, 3.63) is 64.6 Å². The molecule has 0 spiro atoms. The number of methoxy groups -OCH3 is 1. The number of fused-ring (bicyclic) bond motifs is 1. The van der Waals surface area contributed by atoms with E-state index in [1.165, 1.54) is 7.11 Å². The van der Waals surface area contributed by atoms with Crippen LogP contribution in [0.2, 0.25) is 0 Å². The fraction of sp³-hybridized carbons (Fsp3) is 0.0588. The van der Waals surface area contributed by atoms with Crippen LogP contribution in [-0.4, -0.2) is 18.1 Å². The molecule has 0 N–H and O–H groups in total. The van der Waals surface area contributed by atoms with Crippen LogP contribution < -0.4 is 0 Å². The Kier molecular flexibility index (Phi) is 3.71. The number of carbonyl (C=O) groups excluding carboxylic acids is 1. The zero-order valence-electron chi connectivity index (χ0n) is 11.3. The lowest BCUT2D eigenvalue weighted by Gasteiger charge is -2.05. The Morgan fingerprint density at radius 3 is 2.52 bits per heavy atom. The van der Waals surface area contributed by atoms with Gasteiger partial charge in [-0.05, 0) is 36.4 Å². The van der Waals surface area contributed by atoms with E-state index in [1.54, 1.807) is 12.1 Å². The molecule has 1 heterocycles. The van der Waals surface area contributed by atoms with E-state index in [4.69, 9.17) is 4.74 Å². The van der Waals surface area contributed by atoms with Gasteiger partial charge in [-0.15, -0.1) is 0 Å². The molecule has 0 atom stereocenters. The minimum Gasteiger partial charge on any atom is -0.465 e. The molecule has 2 aromatic carbocycles. The zero-order chi connectivity index (χ0) is 14.8. The number of rotatable bonds is 2. The molecule has 3 nitrogen and oxygen atoms in total. The maximum Gasteiger partial charge on any atom is 0.337 e. The van der Waals surface area contributed by atoms with Crippen molar-refractivity contribution in [2.75, 3.05) is 7.11 Å². The lowest BCUT2D eigenvalue weighted by molar-refractivity contribution is 0.0601. The molecule has 0 aliphatic rings. The van der Waals surface area contributed by atoms with E-state index in [0.29, 0.717) is 5.56 Å². The van der Waals surface area contributed by atoms with Gasteiger partial charge in [0.2, 0.25) is 0 Å². The van der Waals surface area contributed by atoms with Crippen molar-refractivity contribution in [1.29, 1.82) is 0 Å². The molecule has 0 aliphatic heterocycles. The van der Waals surface area contributed by atoms with Crippen LogP contribution in [0.5, 0.6) is 0 Å². The number of aromatic nitrogens is 1. The number of hydrogen-bond donors (Lipinski definition) is 0. The first kappa shape index (κ1) is 13.8. The Bertz CT molecular complexity index is 813. The predicted octanol–water partition coefficient (Wildman–Crippen LogP) is 4.45. The average molecular weight is 342 g/mol. The van der Waals surface area contributed by atoms with Gasteiger partial charge in [-0.25, -0.2) is 9.78 Å². The Morgan fingerprint density at radius 1 is 1.05 bits per heavy atom. The fourth-order valence-electron chi connectivity index (χ4n) is 2.15. The first-order valence-electron chi connectivity index (χ1n) is 6.42. The summed E-state index contributed by atoms with van der Waals surface area (Å²) in [5, 5.41) is 0.916. The largest absolute Gasteiger partial charge is 0.465 e. The van der Waals surface area contributed by atoms with Crippen LogP contribution in [0.1, 0.15) is 10.4 Å². The summed E-state index contributed by atoms with van der Waals surface area (Å²) in [6, 6.07) is 17.3. The van der Waals surface area contributed by atoms with Crippen molar-refractivity contribution < 1.29 is 9.53 Å². The SMILES string of the molecule is COC(=O)c1ccc2nc(-c3ccc(Br)cc3)ccc2c1. The summed E-state index contributed by atoms with van der Waals surface area (Å²) in [4.78, 5) is 16.2. The van der Waals surface area contributed by atoms with Gasteiger partial charge in [-0.2, -0.15) is 0 Å². The van der Waals surface area contributed by atoms with E-state index in [-0.39, 0.29) is 5.97 Å². The molecule has 0 unspecified atom stereocenters. The molecule has 104 valence electrons. The highest BCUT2D eigenvalue weighted by Gasteiger charge is 2.07. The monoisotopic (exact) mass is 341 g/mol. The highest BCUT2D eigenvalue weighted by Crippen LogP contribution is 2.23. The molecule has 0 amide bonds. The molecule has 0 fully saturated rings. The van der Waals surface area contributed by atoms with Crippen molar-refractivity contribution in [3.8, 4) is 11.3 Å². The summed E-state index contributed by atoms with van der Waals surface area (Å²) in [6.45, 7) is 0. The Balaban J connectivity index is 2.05. The van der Waals surface area contributed by atoms with E-state index in [0.717, 1.165) is 26.6 Å². The average Bonchev–Trinajstić information content (AvgIpc) is 2.54. The smallest absolute Gasteiger partial charge is 0.337 e. The molecule has 3 aromatic rings. The first-order valence-corrected chi connectivity index (χ1v) is 7.22. The van der Waals surface area contributed by atoms with Crippen LogP contribution in [0.3, 0.4) is 0 Å². The van der Waals surface area contributed by atoms with E-state index in [1.807, 2.05) is 42.5 Å². The van der Waals surface area contributed by atoms with Gasteiger partial charge in [0.25, 0.3) is 0 Å². The first-order chi connectivity index (χ1) is 10.2. The molecule has 1 aromatic heterocycles. The molecule has 0 aliphatic carbocycles. The van der Waals surface area contributed by atoms with E-state index in [9.17, 15) is 4.79 Å². The van der Waals surface area contributed by atoms with Crippen LogP contribution in [0, 0.1) is 0 Å². The maximum atomic E-state index is 11.5. The highest BCUT2D eigenvalue weighted by atomic mass is 79.9. The standard InChI is InChI=1S/C17H12BrNO2/c1-21-17(20)13-5-9-16-12(10-13)4-8-15(19-16)11-2-6-14(18)7-3-11/h2-10H,1H3. The number of hydrogen-bond acceptors (Lipinski definition) is 3. The van der Waals surface area contributed by atoms with Crippen LogP contribution in [0.4, 0.5) is 0 Å². The summed E-state index contributed by atoms with van der Waals surface area (Å²) in [5.74, 6) is -0.339. The number of halogens is 1. The lowest BCUT2D eigenvalue weighted by Crippen LogP contribution is -2.00. The van der Waals surface area contributed by atoms with Crippen LogP contribution >= 0.6 is 15.9 Å². The minimum absolute atomic E-state index is 0.339. The Labute approximate surface area is 130 Å². The summed E-state index contributed by atoms with van der Waals surface area (Å²) in [5.41, 5.74) is 3.34. The van der Waals surface area contributed by atoms with Gasteiger partial charge in [0.1, 0.15) is 0 Å². The zero-order valence-corrected chi connectivity index (χ0v) is 12.9. The predicted molar refractivity (Wildman–Crippen MR) is 86.2 cm³/mol. The lowest BCUT2D eigenvalue weighted by atomic mass is 10.1. The second-order valence-corrected chi connectivity index (χ2v) is 5.52. The number of carbonyl (C=O) groups is 1. The van der Waals surface area contributed by atoms with Gasteiger partial charge in [0, 0.05) is 15.4 Å².